The Morgan fingerprint density at radius 2 is 2.05 bits per heavy atom. The second-order valence-corrected chi connectivity index (χ2v) is 5.33. The van der Waals surface area contributed by atoms with Gasteiger partial charge in [-0.05, 0) is 25.5 Å². The number of pyridine rings is 1. The van der Waals surface area contributed by atoms with Gasteiger partial charge >= 0.3 is 5.97 Å². The van der Waals surface area contributed by atoms with Crippen molar-refractivity contribution in [1.82, 2.24) is 10.3 Å². The maximum atomic E-state index is 12.3. The normalized spacial score (nSPS) is 13.2. The SMILES string of the molecule is CCCC(C)(NC(=O)c1ccc(N(C)C)nc1)C(=O)OC. The summed E-state index contributed by atoms with van der Waals surface area (Å²) in [4.78, 5) is 30.2. The van der Waals surface area contributed by atoms with Gasteiger partial charge in [0.1, 0.15) is 11.4 Å². The van der Waals surface area contributed by atoms with Crippen molar-refractivity contribution in [2.24, 2.45) is 0 Å². The van der Waals surface area contributed by atoms with E-state index in [1.54, 1.807) is 19.1 Å². The predicted octanol–water partition coefficient (Wildman–Crippen LogP) is 1.61. The fourth-order valence-corrected chi connectivity index (χ4v) is 2.05. The highest BCUT2D eigenvalue weighted by atomic mass is 16.5. The van der Waals surface area contributed by atoms with E-state index in [9.17, 15) is 9.59 Å². The van der Waals surface area contributed by atoms with Crippen LogP contribution in [-0.4, -0.2) is 43.6 Å². The molecule has 0 aliphatic rings. The summed E-state index contributed by atoms with van der Waals surface area (Å²) in [6.45, 7) is 3.61. The summed E-state index contributed by atoms with van der Waals surface area (Å²) in [7, 11) is 5.06. The number of hydrogen-bond acceptors (Lipinski definition) is 5. The van der Waals surface area contributed by atoms with Crippen molar-refractivity contribution in [3.63, 3.8) is 0 Å². The van der Waals surface area contributed by atoms with Crippen molar-refractivity contribution < 1.29 is 14.3 Å². The monoisotopic (exact) mass is 293 g/mol. The van der Waals surface area contributed by atoms with E-state index in [-0.39, 0.29) is 5.91 Å². The number of carbonyl (C=O) groups is 2. The average molecular weight is 293 g/mol. The maximum absolute atomic E-state index is 12.3. The molecular formula is C15H23N3O3. The van der Waals surface area contributed by atoms with Gasteiger partial charge in [-0.25, -0.2) is 9.78 Å². The first-order valence-corrected chi connectivity index (χ1v) is 6.88. The minimum atomic E-state index is -1.03. The van der Waals surface area contributed by atoms with Crippen molar-refractivity contribution in [3.8, 4) is 0 Å². The van der Waals surface area contributed by atoms with E-state index in [0.717, 1.165) is 12.2 Å². The molecule has 6 nitrogen and oxygen atoms in total. The molecule has 1 amide bonds. The van der Waals surface area contributed by atoms with Gasteiger partial charge in [-0.15, -0.1) is 0 Å². The first kappa shape index (κ1) is 16.9. The van der Waals surface area contributed by atoms with Crippen molar-refractivity contribution in [3.05, 3.63) is 23.9 Å². The van der Waals surface area contributed by atoms with Crippen LogP contribution < -0.4 is 10.2 Å². The molecule has 1 atom stereocenters. The number of carbonyl (C=O) groups excluding carboxylic acids is 2. The highest BCUT2D eigenvalue weighted by molar-refractivity contribution is 5.97. The summed E-state index contributed by atoms with van der Waals surface area (Å²) in [6.07, 6.45) is 2.76. The van der Waals surface area contributed by atoms with Crippen LogP contribution in [0, 0.1) is 0 Å². The number of rotatable bonds is 6. The van der Waals surface area contributed by atoms with Crippen LogP contribution in [0.2, 0.25) is 0 Å². The van der Waals surface area contributed by atoms with E-state index >= 15 is 0 Å². The van der Waals surface area contributed by atoms with Crippen LogP contribution in [0.15, 0.2) is 18.3 Å². The van der Waals surface area contributed by atoms with Crippen LogP contribution in [0.5, 0.6) is 0 Å². The van der Waals surface area contributed by atoms with Gasteiger partial charge in [0.25, 0.3) is 5.91 Å². The van der Waals surface area contributed by atoms with Gasteiger partial charge in [-0.3, -0.25) is 4.79 Å². The third-order valence-corrected chi connectivity index (χ3v) is 3.24. The van der Waals surface area contributed by atoms with E-state index < -0.39 is 11.5 Å². The Hall–Kier alpha value is -2.11. The molecule has 0 radical (unpaired) electrons. The molecule has 1 heterocycles. The van der Waals surface area contributed by atoms with Gasteiger partial charge < -0.3 is 15.0 Å². The molecule has 21 heavy (non-hydrogen) atoms. The summed E-state index contributed by atoms with van der Waals surface area (Å²) >= 11 is 0. The Bertz CT molecular complexity index is 499. The third-order valence-electron chi connectivity index (χ3n) is 3.24. The number of ether oxygens (including phenoxy) is 1. The summed E-state index contributed by atoms with van der Waals surface area (Å²) < 4.78 is 4.78. The highest BCUT2D eigenvalue weighted by Crippen LogP contribution is 2.16. The molecule has 0 saturated heterocycles. The number of anilines is 1. The van der Waals surface area contributed by atoms with Gasteiger partial charge in [-0.2, -0.15) is 0 Å². The summed E-state index contributed by atoms with van der Waals surface area (Å²) in [5, 5.41) is 2.74. The van der Waals surface area contributed by atoms with Gasteiger partial charge in [0.2, 0.25) is 0 Å². The second-order valence-electron chi connectivity index (χ2n) is 5.33. The van der Waals surface area contributed by atoms with Crippen molar-refractivity contribution in [2.75, 3.05) is 26.1 Å². The minimum absolute atomic E-state index is 0.339. The zero-order chi connectivity index (χ0) is 16.0. The number of nitrogens with zero attached hydrogens (tertiary/aromatic N) is 2. The molecule has 6 heteroatoms. The Morgan fingerprint density at radius 1 is 1.38 bits per heavy atom. The lowest BCUT2D eigenvalue weighted by Crippen LogP contribution is -2.52. The van der Waals surface area contributed by atoms with Gasteiger partial charge in [-0.1, -0.05) is 13.3 Å². The van der Waals surface area contributed by atoms with Crippen LogP contribution in [0.4, 0.5) is 5.82 Å². The summed E-state index contributed by atoms with van der Waals surface area (Å²) in [6, 6.07) is 3.44. The average Bonchev–Trinajstić information content (AvgIpc) is 2.46. The van der Waals surface area contributed by atoms with E-state index in [1.165, 1.54) is 13.3 Å². The quantitative estimate of drug-likeness (QED) is 0.807. The number of amides is 1. The fraction of sp³-hybridized carbons (Fsp3) is 0.533. The summed E-state index contributed by atoms with van der Waals surface area (Å²) in [5.41, 5.74) is -0.618. The molecule has 0 spiro atoms. The molecule has 1 rings (SSSR count). The van der Waals surface area contributed by atoms with E-state index in [4.69, 9.17) is 4.74 Å². The molecule has 0 aliphatic carbocycles. The van der Waals surface area contributed by atoms with Crippen molar-refractivity contribution in [2.45, 2.75) is 32.2 Å². The first-order chi connectivity index (χ1) is 9.84. The van der Waals surface area contributed by atoms with Gasteiger partial charge in [0.05, 0.1) is 12.7 Å². The molecule has 1 N–H and O–H groups in total. The van der Waals surface area contributed by atoms with Crippen LogP contribution in [0.1, 0.15) is 37.0 Å². The van der Waals surface area contributed by atoms with Crippen molar-refractivity contribution in [1.29, 1.82) is 0 Å². The molecular weight excluding hydrogens is 270 g/mol. The van der Waals surface area contributed by atoms with E-state index in [0.29, 0.717) is 12.0 Å². The Labute approximate surface area is 125 Å². The fourth-order valence-electron chi connectivity index (χ4n) is 2.05. The van der Waals surface area contributed by atoms with Gasteiger partial charge in [0, 0.05) is 20.3 Å². The Kier molecular flexibility index (Phi) is 5.69. The molecule has 116 valence electrons. The highest BCUT2D eigenvalue weighted by Gasteiger charge is 2.35. The first-order valence-electron chi connectivity index (χ1n) is 6.88. The zero-order valence-electron chi connectivity index (χ0n) is 13.3. The smallest absolute Gasteiger partial charge is 0.331 e. The van der Waals surface area contributed by atoms with Crippen LogP contribution in [-0.2, 0) is 9.53 Å². The second kappa shape index (κ2) is 7.06. The maximum Gasteiger partial charge on any atom is 0.331 e. The molecule has 0 aliphatic heterocycles. The van der Waals surface area contributed by atoms with E-state index in [1.807, 2.05) is 25.9 Å². The van der Waals surface area contributed by atoms with Crippen LogP contribution in [0.3, 0.4) is 0 Å². The molecule has 0 bridgehead atoms. The van der Waals surface area contributed by atoms with Gasteiger partial charge in [0.15, 0.2) is 0 Å². The molecule has 1 aromatic heterocycles. The number of aromatic nitrogens is 1. The zero-order valence-corrected chi connectivity index (χ0v) is 13.3. The standard InChI is InChI=1S/C15H23N3O3/c1-6-9-15(2,14(20)21-5)17-13(19)11-7-8-12(16-10-11)18(3)4/h7-8,10H,6,9H2,1-5H3,(H,17,19). The minimum Gasteiger partial charge on any atom is -0.467 e. The lowest BCUT2D eigenvalue weighted by molar-refractivity contribution is -0.147. The van der Waals surface area contributed by atoms with Crippen LogP contribution >= 0.6 is 0 Å². The molecule has 1 unspecified atom stereocenters. The number of methoxy groups -OCH3 is 1. The number of nitrogens with one attached hydrogen (secondary N) is 1. The molecule has 0 fully saturated rings. The lowest BCUT2D eigenvalue weighted by Gasteiger charge is -2.27. The predicted molar refractivity (Wildman–Crippen MR) is 81.4 cm³/mol. The van der Waals surface area contributed by atoms with E-state index in [2.05, 4.69) is 10.3 Å². The molecule has 0 saturated carbocycles. The summed E-state index contributed by atoms with van der Waals surface area (Å²) in [5.74, 6) is -0.0273. The van der Waals surface area contributed by atoms with Crippen molar-refractivity contribution >= 4 is 17.7 Å². The largest absolute Gasteiger partial charge is 0.467 e. The number of hydrogen-bond donors (Lipinski definition) is 1. The molecule has 1 aromatic rings. The Balaban J connectivity index is 2.89. The Morgan fingerprint density at radius 3 is 2.48 bits per heavy atom. The molecule has 0 aromatic carbocycles. The number of esters is 1. The topological polar surface area (TPSA) is 71.5 Å². The lowest BCUT2D eigenvalue weighted by atomic mass is 9.95. The van der Waals surface area contributed by atoms with Crippen LogP contribution in [0.25, 0.3) is 0 Å². The third kappa shape index (κ3) is 4.18.